The SMILES string of the molecule is O=C(O)C1=Cc2ccccc2OC1(C(F)(F)F)S(=O)(=O)N1CCOCC1. The van der Waals surface area contributed by atoms with Crippen LogP contribution in [-0.2, 0) is 19.6 Å². The van der Waals surface area contributed by atoms with Gasteiger partial charge in [-0.05, 0) is 12.1 Å². The highest BCUT2D eigenvalue weighted by atomic mass is 32.2. The summed E-state index contributed by atoms with van der Waals surface area (Å²) in [6.07, 6.45) is -4.85. The minimum absolute atomic E-state index is 0.0435. The van der Waals surface area contributed by atoms with E-state index in [9.17, 15) is 31.5 Å². The number of morpholine rings is 1. The van der Waals surface area contributed by atoms with Gasteiger partial charge in [0.05, 0.1) is 13.2 Å². The number of nitrogens with zero attached hydrogens (tertiary/aromatic N) is 1. The molecular formula is C15H14F3NO6S. The van der Waals surface area contributed by atoms with Gasteiger partial charge in [0.2, 0.25) is 0 Å². The Kier molecular flexibility index (Phi) is 4.49. The summed E-state index contributed by atoms with van der Waals surface area (Å²) >= 11 is 0. The number of hydrogen-bond donors (Lipinski definition) is 1. The van der Waals surface area contributed by atoms with E-state index in [-0.39, 0.29) is 37.6 Å². The van der Waals surface area contributed by atoms with Gasteiger partial charge < -0.3 is 14.6 Å². The molecule has 2 aliphatic rings. The normalized spacial score (nSPS) is 24.3. The lowest BCUT2D eigenvalue weighted by atomic mass is 10.0. The van der Waals surface area contributed by atoms with E-state index in [2.05, 4.69) is 0 Å². The second-order valence-corrected chi connectivity index (χ2v) is 7.68. The first-order chi connectivity index (χ1) is 12.1. The summed E-state index contributed by atoms with van der Waals surface area (Å²) in [7, 11) is -5.28. The fourth-order valence-corrected chi connectivity index (χ4v) is 4.78. The van der Waals surface area contributed by atoms with Crippen molar-refractivity contribution in [3.8, 4) is 5.75 Å². The van der Waals surface area contributed by atoms with Gasteiger partial charge in [0.25, 0.3) is 10.0 Å². The summed E-state index contributed by atoms with van der Waals surface area (Å²) in [6.45, 7) is -0.873. The maximum Gasteiger partial charge on any atom is 0.449 e. The molecule has 26 heavy (non-hydrogen) atoms. The lowest BCUT2D eigenvalue weighted by Crippen LogP contribution is -2.65. The maximum absolute atomic E-state index is 14.1. The molecule has 1 fully saturated rings. The zero-order valence-corrected chi connectivity index (χ0v) is 14.0. The van der Waals surface area contributed by atoms with Crippen molar-refractivity contribution >= 4 is 22.1 Å². The van der Waals surface area contributed by atoms with Gasteiger partial charge in [0, 0.05) is 18.7 Å². The van der Waals surface area contributed by atoms with Crippen molar-refractivity contribution in [3.63, 3.8) is 0 Å². The van der Waals surface area contributed by atoms with E-state index >= 15 is 0 Å². The van der Waals surface area contributed by atoms with Gasteiger partial charge in [0.1, 0.15) is 11.3 Å². The number of halogens is 3. The molecule has 0 amide bonds. The molecular weight excluding hydrogens is 379 g/mol. The third-order valence-electron chi connectivity index (χ3n) is 4.10. The minimum Gasteiger partial charge on any atom is -0.478 e. The molecule has 3 rings (SSSR count). The van der Waals surface area contributed by atoms with Crippen molar-refractivity contribution in [2.24, 2.45) is 0 Å². The number of alkyl halides is 3. The molecule has 11 heteroatoms. The molecule has 0 radical (unpaired) electrons. The Bertz CT molecular complexity index is 860. The molecule has 7 nitrogen and oxygen atoms in total. The molecule has 1 aromatic carbocycles. The first-order valence-corrected chi connectivity index (χ1v) is 8.93. The second-order valence-electron chi connectivity index (χ2n) is 5.63. The van der Waals surface area contributed by atoms with Crippen molar-refractivity contribution < 1.29 is 41.0 Å². The summed E-state index contributed by atoms with van der Waals surface area (Å²) in [5, 5.41) is 9.37. The molecule has 0 saturated carbocycles. The van der Waals surface area contributed by atoms with Crippen molar-refractivity contribution in [1.82, 2.24) is 4.31 Å². The Labute approximate surface area is 146 Å². The van der Waals surface area contributed by atoms with Crippen LogP contribution in [0.3, 0.4) is 0 Å². The van der Waals surface area contributed by atoms with Crippen molar-refractivity contribution in [2.45, 2.75) is 11.1 Å². The Morgan fingerprint density at radius 3 is 2.38 bits per heavy atom. The summed E-state index contributed by atoms with van der Waals surface area (Å²) in [6, 6.07) is 5.32. The van der Waals surface area contributed by atoms with Gasteiger partial charge >= 0.3 is 17.1 Å². The Hall–Kier alpha value is -2.11. The van der Waals surface area contributed by atoms with Crippen LogP contribution in [0.1, 0.15) is 5.56 Å². The number of carbonyl (C=O) groups is 1. The van der Waals surface area contributed by atoms with Crippen LogP contribution in [0.15, 0.2) is 29.8 Å². The number of hydrogen-bond acceptors (Lipinski definition) is 5. The minimum atomic E-state index is -5.54. The third kappa shape index (κ3) is 2.66. The molecule has 1 unspecified atom stereocenters. The van der Waals surface area contributed by atoms with E-state index < -0.39 is 32.7 Å². The van der Waals surface area contributed by atoms with Crippen LogP contribution in [-0.4, -0.2) is 61.2 Å². The van der Waals surface area contributed by atoms with Gasteiger partial charge in [-0.1, -0.05) is 18.2 Å². The number of aliphatic carboxylic acids is 1. The first-order valence-electron chi connectivity index (χ1n) is 7.49. The summed E-state index contributed by atoms with van der Waals surface area (Å²) in [5.41, 5.74) is -1.36. The monoisotopic (exact) mass is 393 g/mol. The van der Waals surface area contributed by atoms with Crippen molar-refractivity contribution in [2.75, 3.05) is 26.3 Å². The number of rotatable bonds is 3. The second kappa shape index (κ2) is 6.25. The standard InChI is InChI=1S/C15H14F3NO6S/c16-15(17,18)14(26(22,23)19-5-7-24-8-6-19)11(13(20)21)9-10-3-1-2-4-12(10)25-14/h1-4,9H,5-8H2,(H,20,21). The summed E-state index contributed by atoms with van der Waals surface area (Å²) < 4.78 is 78.6. The van der Waals surface area contributed by atoms with E-state index in [0.717, 1.165) is 6.07 Å². The largest absolute Gasteiger partial charge is 0.478 e. The first kappa shape index (κ1) is 18.7. The van der Waals surface area contributed by atoms with E-state index in [1.165, 1.54) is 18.2 Å². The van der Waals surface area contributed by atoms with Crippen LogP contribution < -0.4 is 4.74 Å². The van der Waals surface area contributed by atoms with Crippen LogP contribution in [0, 0.1) is 0 Å². The summed E-state index contributed by atoms with van der Waals surface area (Å²) in [4.78, 5) is 7.56. The van der Waals surface area contributed by atoms with E-state index in [0.29, 0.717) is 10.4 Å². The zero-order valence-electron chi connectivity index (χ0n) is 13.2. The Morgan fingerprint density at radius 1 is 1.19 bits per heavy atom. The quantitative estimate of drug-likeness (QED) is 0.836. The predicted molar refractivity (Wildman–Crippen MR) is 82.8 cm³/mol. The number of carboxylic acids is 1. The van der Waals surface area contributed by atoms with Crippen molar-refractivity contribution in [3.05, 3.63) is 35.4 Å². The van der Waals surface area contributed by atoms with Crippen LogP contribution in [0.4, 0.5) is 13.2 Å². The molecule has 1 N–H and O–H groups in total. The lowest BCUT2D eigenvalue weighted by Gasteiger charge is -2.41. The lowest BCUT2D eigenvalue weighted by molar-refractivity contribution is -0.205. The van der Waals surface area contributed by atoms with Gasteiger partial charge in [-0.15, -0.1) is 0 Å². The average Bonchev–Trinajstić information content (AvgIpc) is 2.60. The fourth-order valence-electron chi connectivity index (χ4n) is 2.87. The molecule has 2 aliphatic heterocycles. The molecule has 142 valence electrons. The van der Waals surface area contributed by atoms with Crippen LogP contribution in [0.2, 0.25) is 0 Å². The summed E-state index contributed by atoms with van der Waals surface area (Å²) in [5.74, 6) is -2.40. The number of ether oxygens (including phenoxy) is 2. The molecule has 0 bridgehead atoms. The highest BCUT2D eigenvalue weighted by molar-refractivity contribution is 7.90. The number of para-hydroxylation sites is 1. The zero-order chi connectivity index (χ0) is 19.2. The molecule has 1 atom stereocenters. The highest BCUT2D eigenvalue weighted by Crippen LogP contribution is 2.49. The van der Waals surface area contributed by atoms with E-state index in [1.807, 2.05) is 0 Å². The molecule has 1 aromatic rings. The molecule has 0 aliphatic carbocycles. The van der Waals surface area contributed by atoms with Gasteiger partial charge in [0.15, 0.2) is 0 Å². The molecule has 2 heterocycles. The third-order valence-corrected chi connectivity index (χ3v) is 6.41. The number of sulfonamides is 1. The molecule has 1 saturated heterocycles. The predicted octanol–water partition coefficient (Wildman–Crippen LogP) is 1.47. The smallest absolute Gasteiger partial charge is 0.449 e. The van der Waals surface area contributed by atoms with Gasteiger partial charge in [-0.3, -0.25) is 0 Å². The number of benzene rings is 1. The average molecular weight is 393 g/mol. The number of carboxylic acid groups (broad SMARTS) is 1. The van der Waals surface area contributed by atoms with E-state index in [4.69, 9.17) is 9.47 Å². The van der Waals surface area contributed by atoms with E-state index in [1.54, 1.807) is 0 Å². The van der Waals surface area contributed by atoms with Crippen molar-refractivity contribution in [1.29, 1.82) is 0 Å². The molecule has 0 aromatic heterocycles. The Morgan fingerprint density at radius 2 is 1.81 bits per heavy atom. The Balaban J connectivity index is 2.27. The molecule has 0 spiro atoms. The fraction of sp³-hybridized carbons (Fsp3) is 0.400. The maximum atomic E-state index is 14.1. The van der Waals surface area contributed by atoms with Gasteiger partial charge in [-0.25, -0.2) is 13.2 Å². The van der Waals surface area contributed by atoms with Crippen LogP contribution in [0.25, 0.3) is 6.08 Å². The van der Waals surface area contributed by atoms with Gasteiger partial charge in [-0.2, -0.15) is 17.5 Å². The van der Waals surface area contributed by atoms with Crippen LogP contribution in [0.5, 0.6) is 5.75 Å². The number of fused-ring (bicyclic) bond motifs is 1. The topological polar surface area (TPSA) is 93.1 Å². The van der Waals surface area contributed by atoms with Crippen LogP contribution >= 0.6 is 0 Å². The highest BCUT2D eigenvalue weighted by Gasteiger charge is 2.73.